The highest BCUT2D eigenvalue weighted by Crippen LogP contribution is 2.39. The summed E-state index contributed by atoms with van der Waals surface area (Å²) in [5.74, 6) is -1.63. The summed E-state index contributed by atoms with van der Waals surface area (Å²) in [5, 5.41) is 24.6. The summed E-state index contributed by atoms with van der Waals surface area (Å²) in [6.07, 6.45) is -7.12. The van der Waals surface area contributed by atoms with E-state index in [0.717, 1.165) is 24.3 Å². The Hall–Kier alpha value is -4.00. The maximum absolute atomic E-state index is 13.0. The number of hydrogen-bond donors (Lipinski definition) is 4. The van der Waals surface area contributed by atoms with Crippen LogP contribution >= 0.6 is 0 Å². The molecule has 0 aromatic heterocycles. The number of aromatic hydroxyl groups is 2. The highest BCUT2D eigenvalue weighted by Gasteiger charge is 2.42. The molecule has 2 aliphatic rings. The lowest BCUT2D eigenvalue weighted by Gasteiger charge is -2.32. The molecule has 4 rings (SSSR count). The fraction of sp³-hybridized carbons (Fsp3) is 0.632. The number of alkyl halides is 6. The standard InChI is InChI=1S/2C19H26F3NO5/c2*1-17(2)8-9-18(11-27-12-26-3,23-16(25)28-17)7-6-13-4-5-15(24)14(10-13)19(20,21)22/h2*4-5,10,24H,6-9,11-12H2,1-3H3,(H,23,25)/t2*18-/m10/s1. The molecule has 0 spiro atoms. The number of halogens is 6. The Morgan fingerprint density at radius 2 is 1.00 bits per heavy atom. The van der Waals surface area contributed by atoms with Gasteiger partial charge in [0.2, 0.25) is 0 Å². The number of ether oxygens (including phenoxy) is 6. The van der Waals surface area contributed by atoms with Crippen LogP contribution in [-0.2, 0) is 53.6 Å². The average Bonchev–Trinajstić information content (AvgIpc) is 3.28. The molecule has 56 heavy (non-hydrogen) atoms. The Bertz CT molecular complexity index is 1500. The summed E-state index contributed by atoms with van der Waals surface area (Å²) >= 11 is 0. The van der Waals surface area contributed by atoms with Gasteiger partial charge < -0.3 is 49.3 Å². The van der Waals surface area contributed by atoms with Crippen molar-refractivity contribution in [1.82, 2.24) is 10.6 Å². The third-order valence-corrected chi connectivity index (χ3v) is 9.56. The molecule has 18 heteroatoms. The van der Waals surface area contributed by atoms with Gasteiger partial charge in [0.1, 0.15) is 36.3 Å². The molecule has 2 saturated heterocycles. The van der Waals surface area contributed by atoms with Crippen LogP contribution < -0.4 is 10.6 Å². The summed E-state index contributed by atoms with van der Waals surface area (Å²) in [5.41, 5.74) is -4.29. The van der Waals surface area contributed by atoms with Gasteiger partial charge in [-0.05, 0) is 114 Å². The fourth-order valence-corrected chi connectivity index (χ4v) is 6.37. The molecular weight excluding hydrogens is 758 g/mol. The van der Waals surface area contributed by atoms with E-state index in [1.807, 2.05) is 0 Å². The van der Waals surface area contributed by atoms with Crippen molar-refractivity contribution in [2.45, 2.75) is 114 Å². The van der Waals surface area contributed by atoms with Gasteiger partial charge in [0.25, 0.3) is 0 Å². The summed E-state index contributed by atoms with van der Waals surface area (Å²) in [4.78, 5) is 24.4. The number of methoxy groups -OCH3 is 2. The van der Waals surface area contributed by atoms with Crippen LogP contribution in [0, 0.1) is 0 Å². The Kier molecular flexibility index (Phi) is 15.7. The number of benzene rings is 2. The predicted molar refractivity (Wildman–Crippen MR) is 190 cm³/mol. The van der Waals surface area contributed by atoms with Crippen molar-refractivity contribution in [2.75, 3.05) is 41.0 Å². The second kappa shape index (κ2) is 19.0. The van der Waals surface area contributed by atoms with E-state index < -0.39 is 69.4 Å². The van der Waals surface area contributed by atoms with Crippen LogP contribution in [0.5, 0.6) is 11.5 Å². The number of nitrogens with one attached hydrogen (secondary N) is 2. The molecule has 12 nitrogen and oxygen atoms in total. The van der Waals surface area contributed by atoms with Crippen molar-refractivity contribution in [3.63, 3.8) is 0 Å². The highest BCUT2D eigenvalue weighted by atomic mass is 19.4. The van der Waals surface area contributed by atoms with Crippen LogP contribution in [0.25, 0.3) is 0 Å². The number of amides is 2. The smallest absolute Gasteiger partial charge is 0.419 e. The average molecular weight is 811 g/mol. The normalized spacial score (nSPS) is 22.3. The van der Waals surface area contributed by atoms with Gasteiger partial charge in [0.15, 0.2) is 0 Å². The second-order valence-corrected chi connectivity index (χ2v) is 15.3. The van der Waals surface area contributed by atoms with Gasteiger partial charge in [0.05, 0.1) is 35.4 Å². The molecule has 2 aromatic rings. The quantitative estimate of drug-likeness (QED) is 0.0839. The molecule has 0 radical (unpaired) electrons. The Balaban J connectivity index is 0.000000300. The van der Waals surface area contributed by atoms with E-state index in [1.54, 1.807) is 27.7 Å². The third-order valence-electron chi connectivity index (χ3n) is 9.56. The van der Waals surface area contributed by atoms with Gasteiger partial charge in [-0.15, -0.1) is 0 Å². The number of rotatable bonds is 14. The molecule has 4 N–H and O–H groups in total. The number of carbonyl (C=O) groups excluding carboxylic acids is 2. The highest BCUT2D eigenvalue weighted by molar-refractivity contribution is 5.69. The zero-order valence-corrected chi connectivity index (χ0v) is 32.4. The topological polar surface area (TPSA) is 154 Å². The molecule has 2 fully saturated rings. The van der Waals surface area contributed by atoms with Crippen LogP contribution in [0.3, 0.4) is 0 Å². The Labute approximate surface area is 322 Å². The summed E-state index contributed by atoms with van der Waals surface area (Å²) in [7, 11) is 2.94. The second-order valence-electron chi connectivity index (χ2n) is 15.3. The Morgan fingerprint density at radius 1 is 0.643 bits per heavy atom. The van der Waals surface area contributed by atoms with Crippen molar-refractivity contribution in [2.24, 2.45) is 0 Å². The van der Waals surface area contributed by atoms with E-state index >= 15 is 0 Å². The first-order valence-corrected chi connectivity index (χ1v) is 17.9. The third kappa shape index (κ3) is 14.2. The number of cyclic esters (lactones) is 2. The maximum atomic E-state index is 13.0. The van der Waals surface area contributed by atoms with Crippen molar-refractivity contribution in [3.8, 4) is 11.5 Å². The monoisotopic (exact) mass is 810 g/mol. The minimum absolute atomic E-state index is 0.0271. The number of hydrogen-bond acceptors (Lipinski definition) is 10. The van der Waals surface area contributed by atoms with Crippen molar-refractivity contribution >= 4 is 12.2 Å². The largest absolute Gasteiger partial charge is 0.507 e. The minimum Gasteiger partial charge on any atom is -0.507 e. The molecule has 2 atom stereocenters. The number of carbonyl (C=O) groups is 2. The van der Waals surface area contributed by atoms with Crippen LogP contribution in [0.1, 0.15) is 88.5 Å². The summed E-state index contributed by atoms with van der Waals surface area (Å²) < 4.78 is 110. The van der Waals surface area contributed by atoms with Crippen molar-refractivity contribution in [3.05, 3.63) is 58.7 Å². The lowest BCUT2D eigenvalue weighted by Crippen LogP contribution is -2.51. The van der Waals surface area contributed by atoms with Crippen LogP contribution in [0.15, 0.2) is 36.4 Å². The molecule has 316 valence electrons. The molecular formula is C38H52F6N2O10. The van der Waals surface area contributed by atoms with E-state index in [2.05, 4.69) is 10.6 Å². The van der Waals surface area contributed by atoms with Crippen LogP contribution in [0.2, 0.25) is 0 Å². The van der Waals surface area contributed by atoms with E-state index in [4.69, 9.17) is 28.4 Å². The van der Waals surface area contributed by atoms with E-state index in [1.165, 1.54) is 26.4 Å². The molecule has 0 aliphatic carbocycles. The number of phenolic OH excluding ortho intramolecular Hbond substituents is 2. The first-order chi connectivity index (χ1) is 25.9. The van der Waals surface area contributed by atoms with Gasteiger partial charge in [0, 0.05) is 14.2 Å². The molecule has 2 heterocycles. The Morgan fingerprint density at radius 3 is 1.32 bits per heavy atom. The predicted octanol–water partition coefficient (Wildman–Crippen LogP) is 8.00. The molecule has 2 aromatic carbocycles. The van der Waals surface area contributed by atoms with E-state index in [0.29, 0.717) is 49.7 Å². The molecule has 2 aliphatic heterocycles. The zero-order valence-electron chi connectivity index (χ0n) is 32.4. The van der Waals surface area contributed by atoms with E-state index in [-0.39, 0.29) is 39.6 Å². The van der Waals surface area contributed by atoms with Crippen molar-refractivity contribution in [1.29, 1.82) is 0 Å². The minimum atomic E-state index is -4.65. The zero-order chi connectivity index (χ0) is 42.0. The first kappa shape index (κ1) is 46.4. The van der Waals surface area contributed by atoms with Gasteiger partial charge in [-0.25, -0.2) is 9.59 Å². The molecule has 0 bridgehead atoms. The number of phenols is 2. The summed E-state index contributed by atoms with van der Waals surface area (Å²) in [6, 6.07) is 6.80. The van der Waals surface area contributed by atoms with Crippen LogP contribution in [0.4, 0.5) is 35.9 Å². The summed E-state index contributed by atoms with van der Waals surface area (Å²) in [6.45, 7) is 7.52. The molecule has 0 unspecified atom stereocenters. The van der Waals surface area contributed by atoms with Gasteiger partial charge in [-0.2, -0.15) is 26.3 Å². The first-order valence-electron chi connectivity index (χ1n) is 17.9. The lowest BCUT2D eigenvalue weighted by atomic mass is 9.84. The maximum Gasteiger partial charge on any atom is 0.419 e. The number of alkyl carbamates (subject to hydrolysis) is 2. The SMILES string of the molecule is COCOC[C@@]1(CCc2ccc(O)c(C(F)(F)F)c2)CCC(C)(C)OC(=O)N1.COCOC[C@]1(CCc2ccc(O)c(C(F)(F)F)c2)CCC(C)(C)OC(=O)N1. The number of aryl methyl sites for hydroxylation is 2. The van der Waals surface area contributed by atoms with Crippen LogP contribution in [-0.4, -0.2) is 85.7 Å². The fourth-order valence-electron chi connectivity index (χ4n) is 6.37. The molecule has 2 amide bonds. The van der Waals surface area contributed by atoms with Gasteiger partial charge in [-0.3, -0.25) is 0 Å². The molecule has 0 saturated carbocycles. The van der Waals surface area contributed by atoms with Gasteiger partial charge >= 0.3 is 24.5 Å². The van der Waals surface area contributed by atoms with Gasteiger partial charge in [-0.1, -0.05) is 12.1 Å². The lowest BCUT2D eigenvalue weighted by molar-refractivity contribution is -0.139. The van der Waals surface area contributed by atoms with E-state index in [9.17, 15) is 46.1 Å². The van der Waals surface area contributed by atoms with Crippen molar-refractivity contribution < 1.29 is 74.6 Å².